The van der Waals surface area contributed by atoms with Gasteiger partial charge in [0.05, 0.1) is 39.0 Å². The Morgan fingerprint density at radius 3 is 1.65 bits per heavy atom. The maximum atomic E-state index is 11.1. The lowest BCUT2D eigenvalue weighted by Crippen LogP contribution is -3.00. The Bertz CT molecular complexity index is 941. The number of nitrogens with one attached hydrogen (secondary N) is 3. The first kappa shape index (κ1) is 46.8. The standard InChI is InChI=1S/C10H20N2O.C7H13NO4S.C6H11NO.C3H4O2.ClH/c1-9(2)10(13)11-7-6-8-12(3,4)5;1-4-6(9)8-7(2,3)5-13(10,11)12;1-4-6(8)7-5(2)3;1-2-3(4)5;/h1,6-8H2,2-5H3;4H,1,5H2,2-3H3,(H,8,9)(H,10,11,12);4-5H,1H2,2-3H3,(H,7,8);2H,1H2,(H,4,5);1H. The number of carboxylic acid groups (broad SMARTS) is 1. The van der Waals surface area contributed by atoms with E-state index in [9.17, 15) is 27.6 Å². The first-order valence-electron chi connectivity index (χ1n) is 11.8. The number of carbonyl (C=O) groups is 4. The molecule has 0 spiro atoms. The maximum Gasteiger partial charge on any atom is 0.327 e. The van der Waals surface area contributed by atoms with Gasteiger partial charge in [0.2, 0.25) is 17.7 Å². The number of hydrogen-bond acceptors (Lipinski definition) is 6. The van der Waals surface area contributed by atoms with Crippen LogP contribution in [0.3, 0.4) is 0 Å². The molecule has 0 bridgehead atoms. The fourth-order valence-electron chi connectivity index (χ4n) is 2.13. The number of hydrogen-bond donors (Lipinski definition) is 5. The molecule has 12 nitrogen and oxygen atoms in total. The van der Waals surface area contributed by atoms with Crippen molar-refractivity contribution in [1.82, 2.24) is 16.0 Å². The van der Waals surface area contributed by atoms with Crippen molar-refractivity contribution in [3.05, 3.63) is 50.1 Å². The molecule has 0 aliphatic carbocycles. The lowest BCUT2D eigenvalue weighted by atomic mass is 10.1. The zero-order valence-electron chi connectivity index (χ0n) is 25.0. The highest BCUT2D eigenvalue weighted by Crippen LogP contribution is 2.05. The molecular formula is C26H49ClN4O8S. The van der Waals surface area contributed by atoms with Crippen LogP contribution in [0, 0.1) is 0 Å². The van der Waals surface area contributed by atoms with Gasteiger partial charge in [0.15, 0.2) is 0 Å². The van der Waals surface area contributed by atoms with Crippen LogP contribution in [0.25, 0.3) is 0 Å². The average Bonchev–Trinajstić information content (AvgIpc) is 2.74. The van der Waals surface area contributed by atoms with Crippen LogP contribution < -0.4 is 28.4 Å². The predicted molar refractivity (Wildman–Crippen MR) is 155 cm³/mol. The van der Waals surface area contributed by atoms with Gasteiger partial charge in [-0.2, -0.15) is 8.42 Å². The summed E-state index contributed by atoms with van der Waals surface area (Å²) in [5.74, 6) is -2.14. The molecule has 0 aromatic heterocycles. The van der Waals surface area contributed by atoms with Gasteiger partial charge < -0.3 is 37.9 Å². The van der Waals surface area contributed by atoms with Crippen molar-refractivity contribution >= 4 is 33.8 Å². The van der Waals surface area contributed by atoms with Crippen LogP contribution >= 0.6 is 0 Å². The molecule has 14 heteroatoms. The van der Waals surface area contributed by atoms with Gasteiger partial charge in [-0.05, 0) is 46.8 Å². The van der Waals surface area contributed by atoms with Crippen molar-refractivity contribution < 1.29 is 54.1 Å². The number of quaternary nitrogens is 1. The van der Waals surface area contributed by atoms with Crippen LogP contribution in [0.15, 0.2) is 50.1 Å². The molecular weight excluding hydrogens is 564 g/mol. The molecule has 0 aromatic rings. The molecule has 234 valence electrons. The Morgan fingerprint density at radius 1 is 0.975 bits per heavy atom. The van der Waals surface area contributed by atoms with E-state index >= 15 is 0 Å². The zero-order valence-corrected chi connectivity index (χ0v) is 26.6. The third-order valence-corrected chi connectivity index (χ3v) is 4.75. The topological polar surface area (TPSA) is 179 Å². The quantitative estimate of drug-likeness (QED) is 0.0780. The van der Waals surface area contributed by atoms with Gasteiger partial charge in [0.25, 0.3) is 10.1 Å². The fraction of sp³-hybridized carbons (Fsp3) is 0.538. The third kappa shape index (κ3) is 45.0. The van der Waals surface area contributed by atoms with Gasteiger partial charge in [-0.3, -0.25) is 18.9 Å². The van der Waals surface area contributed by atoms with Crippen LogP contribution in [0.4, 0.5) is 0 Å². The largest absolute Gasteiger partial charge is 1.00 e. The van der Waals surface area contributed by atoms with Crippen LogP contribution in [0.5, 0.6) is 0 Å². The van der Waals surface area contributed by atoms with Gasteiger partial charge in [0, 0.05) is 30.7 Å². The van der Waals surface area contributed by atoms with Crippen molar-refractivity contribution in [3.63, 3.8) is 0 Å². The van der Waals surface area contributed by atoms with E-state index in [1.54, 1.807) is 6.92 Å². The highest BCUT2D eigenvalue weighted by Gasteiger charge is 2.25. The van der Waals surface area contributed by atoms with Crippen molar-refractivity contribution in [2.24, 2.45) is 0 Å². The number of rotatable bonds is 12. The van der Waals surface area contributed by atoms with Crippen molar-refractivity contribution in [1.29, 1.82) is 0 Å². The summed E-state index contributed by atoms with van der Waals surface area (Å²) in [6.07, 6.45) is 4.13. The van der Waals surface area contributed by atoms with Gasteiger partial charge in [-0.15, -0.1) is 0 Å². The summed E-state index contributed by atoms with van der Waals surface area (Å²) in [7, 11) is 2.33. The van der Waals surface area contributed by atoms with Gasteiger partial charge >= 0.3 is 5.97 Å². The van der Waals surface area contributed by atoms with Crippen LogP contribution in [-0.2, 0) is 29.3 Å². The monoisotopic (exact) mass is 612 g/mol. The van der Waals surface area contributed by atoms with E-state index in [-0.39, 0.29) is 30.3 Å². The molecule has 0 rings (SSSR count). The Kier molecular flexibility index (Phi) is 27.9. The lowest BCUT2D eigenvalue weighted by Gasteiger charge is -2.23. The van der Waals surface area contributed by atoms with E-state index in [1.165, 1.54) is 19.9 Å². The smallest absolute Gasteiger partial charge is 0.327 e. The summed E-state index contributed by atoms with van der Waals surface area (Å²) in [4.78, 5) is 41.5. The second-order valence-corrected chi connectivity index (χ2v) is 11.6. The highest BCUT2D eigenvalue weighted by molar-refractivity contribution is 7.85. The van der Waals surface area contributed by atoms with E-state index in [1.807, 2.05) is 13.8 Å². The molecule has 0 aliphatic rings. The summed E-state index contributed by atoms with van der Waals surface area (Å²) >= 11 is 0. The second-order valence-electron chi connectivity index (χ2n) is 10.1. The van der Waals surface area contributed by atoms with Gasteiger partial charge in [0.1, 0.15) is 0 Å². The zero-order chi connectivity index (χ0) is 32.0. The molecule has 0 fully saturated rings. The molecule has 0 saturated heterocycles. The molecule has 0 radical (unpaired) electrons. The number of aliphatic carboxylic acids is 1. The summed E-state index contributed by atoms with van der Waals surface area (Å²) in [5.41, 5.74) is -0.427. The van der Waals surface area contributed by atoms with Crippen LogP contribution in [-0.4, -0.2) is 97.8 Å². The van der Waals surface area contributed by atoms with Gasteiger partial charge in [-0.1, -0.05) is 26.3 Å². The number of carbonyl (C=O) groups excluding carboxylic acids is 3. The van der Waals surface area contributed by atoms with E-state index in [0.29, 0.717) is 5.57 Å². The summed E-state index contributed by atoms with van der Waals surface area (Å²) in [5, 5.41) is 15.4. The van der Waals surface area contributed by atoms with Crippen molar-refractivity contribution in [2.45, 2.75) is 52.6 Å². The minimum atomic E-state index is -4.08. The fourth-order valence-corrected chi connectivity index (χ4v) is 3.11. The van der Waals surface area contributed by atoms with Crippen LogP contribution in [0.2, 0.25) is 0 Å². The summed E-state index contributed by atoms with van der Waals surface area (Å²) in [6.45, 7) is 23.4. The van der Waals surface area contributed by atoms with Crippen LogP contribution in [0.1, 0.15) is 41.0 Å². The lowest BCUT2D eigenvalue weighted by molar-refractivity contribution is -0.870. The minimum Gasteiger partial charge on any atom is -1.00 e. The van der Waals surface area contributed by atoms with Crippen molar-refractivity contribution in [2.75, 3.05) is 40.0 Å². The molecule has 40 heavy (non-hydrogen) atoms. The SMILES string of the molecule is C=C(C)C(=O)NCCC[N+](C)(C)C.C=CC(=O)NC(C)(C)CS(=O)(=O)O.C=CC(=O)NC(C)C.C=CC(=O)O.[Cl-]. The highest BCUT2D eigenvalue weighted by atomic mass is 35.5. The predicted octanol–water partition coefficient (Wildman–Crippen LogP) is -1.31. The van der Waals surface area contributed by atoms with E-state index in [0.717, 1.165) is 36.1 Å². The van der Waals surface area contributed by atoms with E-state index in [4.69, 9.17) is 9.66 Å². The van der Waals surface area contributed by atoms with Crippen molar-refractivity contribution in [3.8, 4) is 0 Å². The average molecular weight is 613 g/mol. The first-order valence-corrected chi connectivity index (χ1v) is 13.5. The molecule has 0 aliphatic heterocycles. The number of halogens is 1. The normalized spacial score (nSPS) is 10.2. The molecule has 0 saturated carbocycles. The molecule has 0 unspecified atom stereocenters. The molecule has 0 heterocycles. The van der Waals surface area contributed by atoms with E-state index < -0.39 is 33.3 Å². The Hall–Kier alpha value is -3.00. The second kappa shape index (κ2) is 23.9. The summed E-state index contributed by atoms with van der Waals surface area (Å²) in [6, 6.07) is 0.209. The molecule has 0 atom stereocenters. The van der Waals surface area contributed by atoms with Gasteiger partial charge in [-0.25, -0.2) is 4.79 Å². The summed E-state index contributed by atoms with van der Waals surface area (Å²) < 4.78 is 30.5. The Balaban J connectivity index is -0.000000143. The first-order chi connectivity index (χ1) is 17.4. The van der Waals surface area contributed by atoms with E-state index in [2.05, 4.69) is 63.4 Å². The minimum absolute atomic E-state index is 0. The number of nitrogens with zero attached hydrogens (tertiary/aromatic N) is 1. The number of amides is 3. The Morgan fingerprint density at radius 2 is 1.40 bits per heavy atom. The molecule has 3 amide bonds. The maximum absolute atomic E-state index is 11.1. The molecule has 5 N–H and O–H groups in total. The molecule has 0 aromatic carbocycles. The third-order valence-electron chi connectivity index (χ3n) is 3.66. The Labute approximate surface area is 246 Å². The number of carboxylic acids is 1.